The summed E-state index contributed by atoms with van der Waals surface area (Å²) in [5.41, 5.74) is 0.331. The van der Waals surface area contributed by atoms with Crippen LogP contribution in [0.25, 0.3) is 0 Å². The van der Waals surface area contributed by atoms with E-state index in [2.05, 4.69) is 0 Å². The van der Waals surface area contributed by atoms with Crippen LogP contribution in [-0.2, 0) is 13.5 Å². The first kappa shape index (κ1) is 18.8. The summed E-state index contributed by atoms with van der Waals surface area (Å²) in [5.74, 6) is -0.879. The van der Waals surface area contributed by atoms with E-state index in [1.54, 1.807) is 30.3 Å². The van der Waals surface area contributed by atoms with Crippen molar-refractivity contribution in [3.8, 4) is 0 Å². The van der Waals surface area contributed by atoms with Gasteiger partial charge in [0.1, 0.15) is 0 Å². The molecule has 1 rings (SSSR count). The van der Waals surface area contributed by atoms with Crippen molar-refractivity contribution in [2.24, 2.45) is 0 Å². The van der Waals surface area contributed by atoms with Crippen molar-refractivity contribution >= 4 is 19.5 Å². The summed E-state index contributed by atoms with van der Waals surface area (Å²) in [5, 5.41) is 8.38. The monoisotopic (exact) mass is 208 g/mol. The predicted octanol–water partition coefficient (Wildman–Crippen LogP) is -0.855. The minimum Gasteiger partial charge on any atom is -0.813 e. The van der Waals surface area contributed by atoms with Gasteiger partial charge in [-0.3, -0.25) is 0 Å². The van der Waals surface area contributed by atoms with Gasteiger partial charge < -0.3 is 18.6 Å². The van der Waals surface area contributed by atoms with Crippen LogP contribution < -0.4 is 29.6 Å². The first-order chi connectivity index (χ1) is 5.30. The second-order valence-electron chi connectivity index (χ2n) is 1.67. The maximum atomic E-state index is 10.2. The molecule has 0 amide bonds. The Bertz CT molecular complexity index is 214. The van der Waals surface area contributed by atoms with Crippen LogP contribution in [0.4, 0.5) is 0 Å². The average molecular weight is 208 g/mol. The summed E-state index contributed by atoms with van der Waals surface area (Å²) in [6, 6.07) is 8.30. The molecule has 0 spiro atoms. The molecule has 0 aliphatic heterocycles. The van der Waals surface area contributed by atoms with Gasteiger partial charge in [0.05, 0.1) is 5.56 Å². The van der Waals surface area contributed by atoms with Gasteiger partial charge in [-0.15, -0.1) is 0 Å². The average Bonchev–Trinajstić information content (AvgIpc) is 2.10. The first-order valence-corrected chi connectivity index (χ1v) is 3.59. The molecule has 1 aromatic carbocycles. The van der Waals surface area contributed by atoms with Crippen LogP contribution in [0.3, 0.4) is 0 Å². The quantitative estimate of drug-likeness (QED) is 0.371. The Balaban J connectivity index is -0.000000234. The minimum atomic E-state index is -0.879. The van der Waals surface area contributed by atoms with Gasteiger partial charge in [-0.25, -0.2) is 4.79 Å². The Labute approximate surface area is 108 Å². The molecule has 0 bridgehead atoms. The van der Waals surface area contributed by atoms with Gasteiger partial charge in [-0.1, -0.05) is 32.0 Å². The largest absolute Gasteiger partial charge is 1.00 e. The van der Waals surface area contributed by atoms with Crippen LogP contribution in [0.1, 0.15) is 24.2 Å². The molecule has 13 heavy (non-hydrogen) atoms. The smallest absolute Gasteiger partial charge is 0.813 e. The van der Waals surface area contributed by atoms with Gasteiger partial charge in [0, 0.05) is 0 Å². The molecule has 1 N–H and O–H groups in total. The molecular weight excluding hydrogens is 195 g/mol. The van der Waals surface area contributed by atoms with Crippen molar-refractivity contribution in [3.63, 3.8) is 0 Å². The predicted molar refractivity (Wildman–Crippen MR) is 53.5 cm³/mol. The summed E-state index contributed by atoms with van der Waals surface area (Å²) < 4.78 is 0. The summed E-state index contributed by atoms with van der Waals surface area (Å²) >= 11 is 0. The van der Waals surface area contributed by atoms with E-state index in [0.717, 1.165) is 0 Å². The maximum absolute atomic E-state index is 10.2. The third-order valence-electron chi connectivity index (χ3n) is 1.02. The van der Waals surface area contributed by atoms with Crippen LogP contribution in [-0.4, -0.2) is 11.1 Å². The van der Waals surface area contributed by atoms with E-state index in [0.29, 0.717) is 5.56 Å². The molecule has 4 heteroatoms. The number of aromatic carboxylic acids is 1. The van der Waals surface area contributed by atoms with Crippen molar-refractivity contribution in [1.29, 1.82) is 0 Å². The molecule has 0 radical (unpaired) electrons. The van der Waals surface area contributed by atoms with E-state index in [9.17, 15) is 4.79 Å². The fraction of sp³-hybridized carbons (Fsp3) is 0.222. The van der Waals surface area contributed by atoms with Gasteiger partial charge in [-0.2, -0.15) is 0 Å². The van der Waals surface area contributed by atoms with Gasteiger partial charge in [0.25, 0.3) is 0 Å². The summed E-state index contributed by atoms with van der Waals surface area (Å²) in [7, 11) is 0. The molecule has 0 unspecified atom stereocenters. The molecule has 0 aliphatic carbocycles. The zero-order chi connectivity index (χ0) is 8.69. The molecule has 0 aliphatic rings. The number of hydrogen-bond acceptors (Lipinski definition) is 2. The normalized spacial score (nSPS) is 6.62. The van der Waals surface area contributed by atoms with Gasteiger partial charge in [-0.05, 0) is 12.1 Å². The number of benzene rings is 1. The molecule has 68 valence electrons. The Morgan fingerprint density at radius 1 is 1.15 bits per heavy atom. The number of carboxylic acid groups (broad SMARTS) is 1. The van der Waals surface area contributed by atoms with Crippen molar-refractivity contribution in [2.45, 2.75) is 13.8 Å². The Kier molecular flexibility index (Phi) is 17.4. The molecule has 0 saturated carbocycles. The molecule has 0 atom stereocenters. The molecule has 0 aromatic heterocycles. The Morgan fingerprint density at radius 2 is 1.54 bits per heavy atom. The van der Waals surface area contributed by atoms with E-state index in [-0.39, 0.29) is 43.1 Å². The van der Waals surface area contributed by atoms with Crippen molar-refractivity contribution < 1.29 is 39.5 Å². The summed E-state index contributed by atoms with van der Waals surface area (Å²) in [6.45, 7) is 4.00. The Hall–Kier alpha value is 0.0400. The van der Waals surface area contributed by atoms with Gasteiger partial charge in [0.2, 0.25) is 0 Å². The van der Waals surface area contributed by atoms with Gasteiger partial charge >= 0.3 is 35.5 Å². The molecule has 1 aromatic rings. The van der Waals surface area contributed by atoms with E-state index in [4.69, 9.17) is 5.11 Å². The number of carbonyl (C=O) groups is 1. The molecule has 2 nitrogen and oxygen atoms in total. The van der Waals surface area contributed by atoms with Crippen LogP contribution in [0.2, 0.25) is 0 Å². The maximum Gasteiger partial charge on any atom is 1.00 e. The fourth-order valence-electron chi connectivity index (χ4n) is 0.581. The fourth-order valence-corrected chi connectivity index (χ4v) is 0.581. The third-order valence-corrected chi connectivity index (χ3v) is 1.02. The molecule has 0 fully saturated rings. The molecular formula is C9H13NaO2S. The number of thiol groups is 1. The first-order valence-electron chi connectivity index (χ1n) is 3.59. The zero-order valence-corrected chi connectivity index (χ0v) is 11.1. The van der Waals surface area contributed by atoms with Crippen LogP contribution >= 0.6 is 0 Å². The van der Waals surface area contributed by atoms with Crippen LogP contribution in [0, 0.1) is 0 Å². The topological polar surface area (TPSA) is 37.3 Å². The Morgan fingerprint density at radius 3 is 1.77 bits per heavy atom. The number of carboxylic acids is 1. The summed E-state index contributed by atoms with van der Waals surface area (Å²) in [4.78, 5) is 10.2. The van der Waals surface area contributed by atoms with E-state index >= 15 is 0 Å². The van der Waals surface area contributed by atoms with Crippen LogP contribution in [0.5, 0.6) is 0 Å². The van der Waals surface area contributed by atoms with E-state index in [1.165, 1.54) is 0 Å². The standard InChI is InChI=1S/C7H6O2.C2H6.Na.H2S/c8-7(9)6-4-2-1-3-5-6;1-2;;/h1-5H,(H,8,9);1-2H3;;1H2/q;;+1;/p-1. The van der Waals surface area contributed by atoms with E-state index < -0.39 is 5.97 Å². The third kappa shape index (κ3) is 8.37. The minimum absolute atomic E-state index is 0. The van der Waals surface area contributed by atoms with E-state index in [1.807, 2.05) is 13.8 Å². The number of rotatable bonds is 1. The number of hydrogen-bond donors (Lipinski definition) is 1. The van der Waals surface area contributed by atoms with Gasteiger partial charge in [0.15, 0.2) is 0 Å². The second kappa shape index (κ2) is 12.0. The SMILES string of the molecule is CC.O=C(O)c1ccccc1.[Na+].[SH-]. The molecule has 0 saturated heterocycles. The van der Waals surface area contributed by atoms with Crippen molar-refractivity contribution in [1.82, 2.24) is 0 Å². The zero-order valence-electron chi connectivity index (χ0n) is 8.19. The second-order valence-corrected chi connectivity index (χ2v) is 1.67. The van der Waals surface area contributed by atoms with Crippen molar-refractivity contribution in [2.75, 3.05) is 0 Å². The van der Waals surface area contributed by atoms with Crippen molar-refractivity contribution in [3.05, 3.63) is 35.9 Å². The summed E-state index contributed by atoms with van der Waals surface area (Å²) in [6.07, 6.45) is 0. The van der Waals surface area contributed by atoms with Crippen LogP contribution in [0.15, 0.2) is 30.3 Å². The molecule has 0 heterocycles.